The summed E-state index contributed by atoms with van der Waals surface area (Å²) >= 11 is 0. The Morgan fingerprint density at radius 2 is 1.76 bits per heavy atom. The van der Waals surface area contributed by atoms with E-state index in [4.69, 9.17) is 4.74 Å². The largest absolute Gasteiger partial charge is 0.452 e. The summed E-state index contributed by atoms with van der Waals surface area (Å²) < 4.78 is 5.10. The van der Waals surface area contributed by atoms with Gasteiger partial charge in [-0.3, -0.25) is 9.59 Å². The molecular formula is C23H26N2O4. The summed E-state index contributed by atoms with van der Waals surface area (Å²) in [6, 6.07) is 14.3. The number of nitrogens with zero attached hydrogens (tertiary/aromatic N) is 1. The maximum atomic E-state index is 12.1. The molecule has 2 aromatic carbocycles. The minimum Gasteiger partial charge on any atom is -0.452 e. The number of esters is 1. The minimum atomic E-state index is -0.529. The van der Waals surface area contributed by atoms with Gasteiger partial charge in [0.05, 0.1) is 5.56 Å². The van der Waals surface area contributed by atoms with Gasteiger partial charge in [-0.15, -0.1) is 0 Å². The third-order valence-electron chi connectivity index (χ3n) is 4.70. The second kappa shape index (κ2) is 9.37. The molecule has 0 spiro atoms. The third kappa shape index (κ3) is 5.67. The molecule has 1 N–H and O–H groups in total. The number of amides is 2. The summed E-state index contributed by atoms with van der Waals surface area (Å²) in [6.07, 6.45) is 2.38. The van der Waals surface area contributed by atoms with Gasteiger partial charge in [-0.1, -0.05) is 26.0 Å². The molecule has 6 heteroatoms. The first kappa shape index (κ1) is 20.6. The van der Waals surface area contributed by atoms with E-state index in [0.717, 1.165) is 30.6 Å². The molecule has 29 heavy (non-hydrogen) atoms. The van der Waals surface area contributed by atoms with Gasteiger partial charge in [0.1, 0.15) is 0 Å². The maximum absolute atomic E-state index is 12.1. The van der Waals surface area contributed by atoms with Crippen molar-refractivity contribution >= 4 is 29.2 Å². The van der Waals surface area contributed by atoms with Crippen LogP contribution in [0.2, 0.25) is 0 Å². The average Bonchev–Trinajstić information content (AvgIpc) is 3.13. The van der Waals surface area contributed by atoms with E-state index in [0.29, 0.717) is 23.6 Å². The Labute approximate surface area is 170 Å². The van der Waals surface area contributed by atoms with Crippen molar-refractivity contribution in [1.82, 2.24) is 0 Å². The number of anilines is 2. The highest BCUT2D eigenvalue weighted by Crippen LogP contribution is 2.23. The van der Waals surface area contributed by atoms with Crippen LogP contribution in [0.4, 0.5) is 11.4 Å². The average molecular weight is 394 g/mol. The first-order valence-corrected chi connectivity index (χ1v) is 9.88. The van der Waals surface area contributed by atoms with Crippen LogP contribution in [0.1, 0.15) is 42.6 Å². The van der Waals surface area contributed by atoms with Crippen molar-refractivity contribution in [2.24, 2.45) is 5.92 Å². The lowest BCUT2D eigenvalue weighted by Crippen LogP contribution is -2.23. The number of carbonyl (C=O) groups excluding carboxylic acids is 3. The molecule has 0 aliphatic carbocycles. The molecular weight excluding hydrogens is 368 g/mol. The zero-order valence-electron chi connectivity index (χ0n) is 16.8. The van der Waals surface area contributed by atoms with Crippen molar-refractivity contribution in [2.75, 3.05) is 23.4 Å². The Morgan fingerprint density at radius 3 is 2.34 bits per heavy atom. The van der Waals surface area contributed by atoms with Crippen molar-refractivity contribution in [3.8, 4) is 0 Å². The number of carbonyl (C=O) groups is 3. The van der Waals surface area contributed by atoms with Crippen molar-refractivity contribution < 1.29 is 19.1 Å². The summed E-state index contributed by atoms with van der Waals surface area (Å²) in [5, 5.41) is 2.69. The molecule has 0 atom stereocenters. The number of ether oxygens (including phenoxy) is 1. The van der Waals surface area contributed by atoms with Crippen LogP contribution >= 0.6 is 0 Å². The molecule has 1 fully saturated rings. The Morgan fingerprint density at radius 1 is 1.07 bits per heavy atom. The lowest BCUT2D eigenvalue weighted by Gasteiger charge is -2.16. The van der Waals surface area contributed by atoms with Crippen LogP contribution in [0.5, 0.6) is 0 Å². The molecule has 0 saturated carbocycles. The molecule has 1 aliphatic heterocycles. The summed E-state index contributed by atoms with van der Waals surface area (Å²) in [4.78, 5) is 37.7. The number of hydrogen-bond acceptors (Lipinski definition) is 4. The molecule has 6 nitrogen and oxygen atoms in total. The van der Waals surface area contributed by atoms with Crippen LogP contribution in [0, 0.1) is 5.92 Å². The van der Waals surface area contributed by atoms with Crippen molar-refractivity contribution in [1.29, 1.82) is 0 Å². The van der Waals surface area contributed by atoms with Gasteiger partial charge in [-0.05, 0) is 60.7 Å². The molecule has 1 aliphatic rings. The third-order valence-corrected chi connectivity index (χ3v) is 4.70. The molecule has 152 valence electrons. The van der Waals surface area contributed by atoms with E-state index in [1.165, 1.54) is 0 Å². The highest BCUT2D eigenvalue weighted by Gasteiger charge is 2.21. The number of hydrogen-bond donors (Lipinski definition) is 1. The van der Waals surface area contributed by atoms with Crippen LogP contribution in [0.15, 0.2) is 48.5 Å². The smallest absolute Gasteiger partial charge is 0.338 e. The molecule has 0 bridgehead atoms. The van der Waals surface area contributed by atoms with Crippen LogP contribution in [0.3, 0.4) is 0 Å². The molecule has 1 heterocycles. The van der Waals surface area contributed by atoms with Crippen LogP contribution in [-0.2, 0) is 20.7 Å². The zero-order chi connectivity index (χ0) is 20.8. The topological polar surface area (TPSA) is 75.7 Å². The van der Waals surface area contributed by atoms with Crippen molar-refractivity contribution in [2.45, 2.75) is 33.1 Å². The summed E-state index contributed by atoms with van der Waals surface area (Å²) in [7, 11) is 0. The summed E-state index contributed by atoms with van der Waals surface area (Å²) in [6.45, 7) is 4.64. The fourth-order valence-corrected chi connectivity index (χ4v) is 3.31. The van der Waals surface area contributed by atoms with Gasteiger partial charge in [-0.2, -0.15) is 0 Å². The number of benzene rings is 2. The highest BCUT2D eigenvalue weighted by atomic mass is 16.5. The van der Waals surface area contributed by atoms with Crippen LogP contribution in [0.25, 0.3) is 0 Å². The van der Waals surface area contributed by atoms with E-state index >= 15 is 0 Å². The molecule has 0 radical (unpaired) electrons. The summed E-state index contributed by atoms with van der Waals surface area (Å²) in [5.41, 5.74) is 2.98. The highest BCUT2D eigenvalue weighted by molar-refractivity contribution is 5.97. The fourth-order valence-electron chi connectivity index (χ4n) is 3.31. The second-order valence-corrected chi connectivity index (χ2v) is 7.62. The first-order valence-electron chi connectivity index (χ1n) is 9.88. The van der Waals surface area contributed by atoms with E-state index in [1.54, 1.807) is 41.3 Å². The quantitative estimate of drug-likeness (QED) is 0.725. The van der Waals surface area contributed by atoms with Crippen molar-refractivity contribution in [3.05, 3.63) is 59.7 Å². The minimum absolute atomic E-state index is 0.117. The van der Waals surface area contributed by atoms with E-state index in [1.807, 2.05) is 12.1 Å². The first-order chi connectivity index (χ1) is 13.9. The van der Waals surface area contributed by atoms with Gasteiger partial charge in [0.25, 0.3) is 5.91 Å². The van der Waals surface area contributed by atoms with Crippen LogP contribution in [-0.4, -0.2) is 30.9 Å². The molecule has 2 aromatic rings. The normalized spacial score (nSPS) is 13.6. The van der Waals surface area contributed by atoms with E-state index in [-0.39, 0.29) is 12.5 Å². The molecule has 0 aromatic heterocycles. The maximum Gasteiger partial charge on any atom is 0.338 e. The molecule has 3 rings (SSSR count). The number of rotatable bonds is 7. The Kier molecular flexibility index (Phi) is 6.65. The van der Waals surface area contributed by atoms with Gasteiger partial charge in [0, 0.05) is 24.3 Å². The predicted octanol–water partition coefficient (Wildman–Crippen LogP) is 3.81. The van der Waals surface area contributed by atoms with E-state index in [2.05, 4.69) is 19.2 Å². The van der Waals surface area contributed by atoms with Crippen molar-refractivity contribution in [3.63, 3.8) is 0 Å². The Balaban J connectivity index is 1.48. The number of nitrogens with one attached hydrogen (secondary N) is 1. The van der Waals surface area contributed by atoms with Gasteiger partial charge in [0.2, 0.25) is 5.91 Å². The Bertz CT molecular complexity index is 873. The fraction of sp³-hybridized carbons (Fsp3) is 0.348. The van der Waals surface area contributed by atoms with Gasteiger partial charge in [0.15, 0.2) is 6.61 Å². The van der Waals surface area contributed by atoms with Gasteiger partial charge < -0.3 is 15.0 Å². The van der Waals surface area contributed by atoms with Crippen LogP contribution < -0.4 is 10.2 Å². The molecule has 2 amide bonds. The molecule has 1 saturated heterocycles. The predicted molar refractivity (Wildman–Crippen MR) is 112 cm³/mol. The van der Waals surface area contributed by atoms with E-state index < -0.39 is 11.9 Å². The lowest BCUT2D eigenvalue weighted by molar-refractivity contribution is -0.119. The lowest BCUT2D eigenvalue weighted by atomic mass is 10.0. The second-order valence-electron chi connectivity index (χ2n) is 7.62. The standard InChI is InChI=1S/C23H26N2O4/c1-16(2)14-17-5-7-18(8-6-17)23(28)29-15-21(26)24-19-9-11-20(12-10-19)25-13-3-4-22(25)27/h5-12,16H,3-4,13-15H2,1-2H3,(H,24,26). The van der Waals surface area contributed by atoms with Gasteiger partial charge >= 0.3 is 5.97 Å². The Hall–Kier alpha value is -3.15. The molecule has 0 unspecified atom stereocenters. The zero-order valence-corrected chi connectivity index (χ0v) is 16.8. The van der Waals surface area contributed by atoms with E-state index in [9.17, 15) is 14.4 Å². The summed E-state index contributed by atoms with van der Waals surface area (Å²) in [5.74, 6) is -0.286. The van der Waals surface area contributed by atoms with Gasteiger partial charge in [-0.25, -0.2) is 4.79 Å². The monoisotopic (exact) mass is 394 g/mol. The SMILES string of the molecule is CC(C)Cc1ccc(C(=O)OCC(=O)Nc2ccc(N3CCCC3=O)cc2)cc1.